The van der Waals surface area contributed by atoms with Crippen molar-refractivity contribution in [1.29, 1.82) is 0 Å². The van der Waals surface area contributed by atoms with E-state index in [1.807, 2.05) is 0 Å². The van der Waals surface area contributed by atoms with Gasteiger partial charge in [0.25, 0.3) is 5.91 Å². The second-order valence-electron chi connectivity index (χ2n) is 9.90. The standard InChI is InChI=1S/C23H32N2O5/c1-12(2)30-21(27)19-13(3)20(24-14(19)4)22(28)29-11-18(26)25-23-8-15-5-16(9-23)7-17(6-15)10-23/h12,15-17,24H,5-11H2,1-4H3,(H,25,26). The second kappa shape index (κ2) is 7.75. The smallest absolute Gasteiger partial charge is 0.355 e. The number of ether oxygens (including phenoxy) is 2. The molecule has 0 spiro atoms. The zero-order valence-electron chi connectivity index (χ0n) is 18.3. The van der Waals surface area contributed by atoms with Gasteiger partial charge in [-0.3, -0.25) is 4.79 Å². The molecule has 0 saturated heterocycles. The normalized spacial score (nSPS) is 29.2. The molecule has 30 heavy (non-hydrogen) atoms. The van der Waals surface area contributed by atoms with Crippen LogP contribution in [0.4, 0.5) is 0 Å². The first-order valence-electron chi connectivity index (χ1n) is 11.0. The van der Waals surface area contributed by atoms with E-state index < -0.39 is 11.9 Å². The van der Waals surface area contributed by atoms with Gasteiger partial charge in [0.2, 0.25) is 0 Å². The number of esters is 2. The number of aryl methyl sites for hydroxylation is 1. The highest BCUT2D eigenvalue weighted by Crippen LogP contribution is 2.55. The van der Waals surface area contributed by atoms with E-state index in [0.29, 0.717) is 16.8 Å². The van der Waals surface area contributed by atoms with Crippen LogP contribution in [0.25, 0.3) is 0 Å². The molecule has 1 amide bonds. The number of aromatic amines is 1. The third-order valence-electron chi connectivity index (χ3n) is 6.97. The van der Waals surface area contributed by atoms with Crippen molar-refractivity contribution in [2.45, 2.75) is 77.9 Å². The maximum atomic E-state index is 12.6. The van der Waals surface area contributed by atoms with Crippen molar-refractivity contribution < 1.29 is 23.9 Å². The van der Waals surface area contributed by atoms with Gasteiger partial charge in [0, 0.05) is 11.2 Å². The molecule has 0 aromatic carbocycles. The molecule has 7 nitrogen and oxygen atoms in total. The van der Waals surface area contributed by atoms with Crippen LogP contribution in [0.1, 0.15) is 84.5 Å². The summed E-state index contributed by atoms with van der Waals surface area (Å²) >= 11 is 0. The number of H-pyrrole nitrogens is 1. The first kappa shape index (κ1) is 20.9. The van der Waals surface area contributed by atoms with Crippen molar-refractivity contribution in [2.75, 3.05) is 6.61 Å². The zero-order chi connectivity index (χ0) is 21.6. The highest BCUT2D eigenvalue weighted by atomic mass is 16.5. The molecule has 4 saturated carbocycles. The van der Waals surface area contributed by atoms with E-state index in [1.54, 1.807) is 27.7 Å². The van der Waals surface area contributed by atoms with Crippen LogP contribution in [0, 0.1) is 31.6 Å². The fourth-order valence-corrected chi connectivity index (χ4v) is 6.33. The summed E-state index contributed by atoms with van der Waals surface area (Å²) < 4.78 is 10.5. The fraction of sp³-hybridized carbons (Fsp3) is 0.696. The maximum absolute atomic E-state index is 12.6. The van der Waals surface area contributed by atoms with Crippen LogP contribution >= 0.6 is 0 Å². The number of nitrogens with one attached hydrogen (secondary N) is 2. The molecular weight excluding hydrogens is 384 g/mol. The summed E-state index contributed by atoms with van der Waals surface area (Å²) in [6.45, 7) is 6.61. The van der Waals surface area contributed by atoms with Crippen molar-refractivity contribution in [1.82, 2.24) is 10.3 Å². The Bertz CT molecular complexity index is 834. The lowest BCUT2D eigenvalue weighted by Gasteiger charge is -2.56. The van der Waals surface area contributed by atoms with Gasteiger partial charge in [0.05, 0.1) is 11.7 Å². The Hall–Kier alpha value is -2.31. The molecule has 2 N–H and O–H groups in total. The molecule has 0 aliphatic heterocycles. The van der Waals surface area contributed by atoms with E-state index in [4.69, 9.17) is 9.47 Å². The Labute approximate surface area is 177 Å². The summed E-state index contributed by atoms with van der Waals surface area (Å²) in [6, 6.07) is 0. The molecule has 4 fully saturated rings. The molecule has 7 heteroatoms. The molecule has 0 radical (unpaired) electrons. The molecule has 5 rings (SSSR count). The van der Waals surface area contributed by atoms with E-state index in [9.17, 15) is 14.4 Å². The molecule has 0 atom stereocenters. The Morgan fingerprint density at radius 1 is 1.03 bits per heavy atom. The lowest BCUT2D eigenvalue weighted by Crippen LogP contribution is -2.60. The number of rotatable bonds is 6. The number of amides is 1. The molecule has 164 valence electrons. The number of carbonyl (C=O) groups is 3. The van der Waals surface area contributed by atoms with Gasteiger partial charge in [0.15, 0.2) is 6.61 Å². The lowest BCUT2D eigenvalue weighted by atomic mass is 9.53. The molecular formula is C23H32N2O5. The summed E-state index contributed by atoms with van der Waals surface area (Å²) in [5.41, 5.74) is 1.44. The number of carbonyl (C=O) groups excluding carboxylic acids is 3. The molecule has 4 bridgehead atoms. The van der Waals surface area contributed by atoms with Gasteiger partial charge in [-0.15, -0.1) is 0 Å². The van der Waals surface area contributed by atoms with Crippen molar-refractivity contribution >= 4 is 17.8 Å². The number of hydrogen-bond acceptors (Lipinski definition) is 5. The van der Waals surface area contributed by atoms with Crippen LogP contribution in [0.2, 0.25) is 0 Å². The van der Waals surface area contributed by atoms with E-state index in [-0.39, 0.29) is 29.9 Å². The minimum Gasteiger partial charge on any atom is -0.459 e. The summed E-state index contributed by atoms with van der Waals surface area (Å²) in [6.07, 6.45) is 6.81. The summed E-state index contributed by atoms with van der Waals surface area (Å²) in [5.74, 6) is 0.827. The van der Waals surface area contributed by atoms with Crippen molar-refractivity contribution in [3.63, 3.8) is 0 Å². The van der Waals surface area contributed by atoms with Crippen molar-refractivity contribution in [3.05, 3.63) is 22.5 Å². The van der Waals surface area contributed by atoms with E-state index >= 15 is 0 Å². The number of hydrogen-bond donors (Lipinski definition) is 2. The third-order valence-corrected chi connectivity index (χ3v) is 6.97. The van der Waals surface area contributed by atoms with Gasteiger partial charge in [-0.1, -0.05) is 0 Å². The predicted molar refractivity (Wildman–Crippen MR) is 110 cm³/mol. The summed E-state index contributed by atoms with van der Waals surface area (Å²) in [7, 11) is 0. The molecule has 1 aromatic heterocycles. The van der Waals surface area contributed by atoms with E-state index in [0.717, 1.165) is 37.0 Å². The summed E-state index contributed by atoms with van der Waals surface area (Å²) in [5, 5.41) is 3.20. The number of aromatic nitrogens is 1. The quantitative estimate of drug-likeness (QED) is 0.693. The Kier molecular flexibility index (Phi) is 5.41. The minimum atomic E-state index is -0.639. The highest BCUT2D eigenvalue weighted by molar-refractivity contribution is 5.99. The largest absolute Gasteiger partial charge is 0.459 e. The highest BCUT2D eigenvalue weighted by Gasteiger charge is 2.51. The third kappa shape index (κ3) is 3.98. The molecule has 4 aliphatic rings. The monoisotopic (exact) mass is 416 g/mol. The van der Waals surface area contributed by atoms with Gasteiger partial charge in [-0.25, -0.2) is 9.59 Å². The Balaban J connectivity index is 1.36. The van der Waals surface area contributed by atoms with Crippen LogP contribution in [0.15, 0.2) is 0 Å². The topological polar surface area (TPSA) is 97.5 Å². The lowest BCUT2D eigenvalue weighted by molar-refractivity contribution is -0.130. The van der Waals surface area contributed by atoms with Crippen LogP contribution in [0.5, 0.6) is 0 Å². The van der Waals surface area contributed by atoms with Crippen LogP contribution in [0.3, 0.4) is 0 Å². The maximum Gasteiger partial charge on any atom is 0.355 e. The van der Waals surface area contributed by atoms with Crippen molar-refractivity contribution in [2.24, 2.45) is 17.8 Å². The van der Waals surface area contributed by atoms with Gasteiger partial charge >= 0.3 is 11.9 Å². The Morgan fingerprint density at radius 2 is 1.60 bits per heavy atom. The molecule has 0 unspecified atom stereocenters. The first-order valence-corrected chi connectivity index (χ1v) is 11.0. The van der Waals surface area contributed by atoms with E-state index in [2.05, 4.69) is 10.3 Å². The average molecular weight is 417 g/mol. The van der Waals surface area contributed by atoms with Gasteiger partial charge in [0.1, 0.15) is 5.69 Å². The zero-order valence-corrected chi connectivity index (χ0v) is 18.3. The average Bonchev–Trinajstić information content (AvgIpc) is 2.92. The Morgan fingerprint density at radius 3 is 2.13 bits per heavy atom. The minimum absolute atomic E-state index is 0.106. The predicted octanol–water partition coefficient (Wildman–Crippen LogP) is 3.44. The fourth-order valence-electron chi connectivity index (χ4n) is 6.33. The molecule has 1 heterocycles. The van der Waals surface area contributed by atoms with Crippen molar-refractivity contribution in [3.8, 4) is 0 Å². The van der Waals surface area contributed by atoms with Crippen LogP contribution in [-0.4, -0.2) is 41.1 Å². The molecule has 1 aromatic rings. The summed E-state index contributed by atoms with van der Waals surface area (Å²) in [4.78, 5) is 40.3. The van der Waals surface area contributed by atoms with Crippen LogP contribution in [-0.2, 0) is 14.3 Å². The first-order chi connectivity index (χ1) is 14.2. The molecule has 4 aliphatic carbocycles. The SMILES string of the molecule is Cc1[nH]c(C(=O)OCC(=O)NC23CC4CC(CC(C4)C2)C3)c(C)c1C(=O)OC(C)C. The van der Waals surface area contributed by atoms with Gasteiger partial charge in [-0.2, -0.15) is 0 Å². The van der Waals surface area contributed by atoms with Gasteiger partial charge in [-0.05, 0) is 89.5 Å². The van der Waals surface area contributed by atoms with Gasteiger partial charge < -0.3 is 19.8 Å². The van der Waals surface area contributed by atoms with Crippen LogP contribution < -0.4 is 5.32 Å². The van der Waals surface area contributed by atoms with E-state index in [1.165, 1.54) is 19.3 Å². The second-order valence-corrected chi connectivity index (χ2v) is 9.90.